The summed E-state index contributed by atoms with van der Waals surface area (Å²) in [5, 5.41) is -0.414. The number of nitrogens with zero attached hydrogens (tertiary/aromatic N) is 1. The highest BCUT2D eigenvalue weighted by atomic mass is 32.2. The summed E-state index contributed by atoms with van der Waals surface area (Å²) in [4.78, 5) is 14.1. The topological polar surface area (TPSA) is 54.5 Å². The third kappa shape index (κ3) is 3.93. The number of hydrogen-bond donors (Lipinski definition) is 0. The van der Waals surface area contributed by atoms with Crippen LogP contribution in [0.15, 0.2) is 54.6 Å². The zero-order chi connectivity index (χ0) is 18.0. The summed E-state index contributed by atoms with van der Waals surface area (Å²) in [6.45, 7) is 4.39. The van der Waals surface area contributed by atoms with E-state index >= 15 is 0 Å². The van der Waals surface area contributed by atoms with Gasteiger partial charge in [0, 0.05) is 18.7 Å². The number of hydrogen-bond acceptors (Lipinski definition) is 3. The number of carbonyl (C=O) groups excluding carboxylic acids is 1. The molecule has 1 fully saturated rings. The number of likely N-dealkylation sites (tertiary alicyclic amines) is 1. The lowest BCUT2D eigenvalue weighted by Crippen LogP contribution is -2.57. The Morgan fingerprint density at radius 3 is 2.12 bits per heavy atom. The van der Waals surface area contributed by atoms with E-state index in [1.807, 2.05) is 56.3 Å². The maximum Gasteiger partial charge on any atom is 0.253 e. The third-order valence-corrected chi connectivity index (χ3v) is 6.89. The van der Waals surface area contributed by atoms with Gasteiger partial charge in [-0.25, -0.2) is 8.42 Å². The zero-order valence-electron chi connectivity index (χ0n) is 14.6. The molecule has 132 valence electrons. The van der Waals surface area contributed by atoms with E-state index in [0.29, 0.717) is 18.7 Å². The Morgan fingerprint density at radius 2 is 1.56 bits per heavy atom. The Morgan fingerprint density at radius 1 is 1.00 bits per heavy atom. The van der Waals surface area contributed by atoms with E-state index < -0.39 is 15.1 Å². The summed E-state index contributed by atoms with van der Waals surface area (Å²) in [5.74, 6) is 0.196. The molecule has 0 unspecified atom stereocenters. The molecule has 2 aromatic carbocycles. The van der Waals surface area contributed by atoms with Crippen molar-refractivity contribution in [2.75, 3.05) is 18.8 Å². The standard InChI is InChI=1S/C20H23NO3S/c1-15(2)14-25(23,24)19-12-21(13-19)20(22)18-10-8-17(9-11-18)16-6-4-3-5-7-16/h3-11,15,19H,12-14H2,1-2H3. The molecule has 3 rings (SSSR count). The molecule has 1 heterocycles. The maximum absolute atomic E-state index is 12.5. The Bertz CT molecular complexity index is 836. The second kappa shape index (κ2) is 7.00. The van der Waals surface area contributed by atoms with Gasteiger partial charge in [-0.15, -0.1) is 0 Å². The second-order valence-electron chi connectivity index (χ2n) is 7.00. The van der Waals surface area contributed by atoms with Crippen molar-refractivity contribution >= 4 is 15.7 Å². The van der Waals surface area contributed by atoms with Gasteiger partial charge in [0.05, 0.1) is 11.0 Å². The fraction of sp³-hybridized carbons (Fsp3) is 0.350. The molecule has 0 atom stereocenters. The zero-order valence-corrected chi connectivity index (χ0v) is 15.4. The largest absolute Gasteiger partial charge is 0.336 e. The highest BCUT2D eigenvalue weighted by Crippen LogP contribution is 2.23. The summed E-state index contributed by atoms with van der Waals surface area (Å²) in [6, 6.07) is 17.4. The fourth-order valence-corrected chi connectivity index (χ4v) is 5.07. The van der Waals surface area contributed by atoms with Crippen LogP contribution in [0.5, 0.6) is 0 Å². The van der Waals surface area contributed by atoms with Crippen molar-refractivity contribution in [2.45, 2.75) is 19.1 Å². The molecule has 0 bridgehead atoms. The lowest BCUT2D eigenvalue weighted by atomic mass is 10.0. The van der Waals surface area contributed by atoms with Crippen LogP contribution in [-0.4, -0.2) is 43.3 Å². The molecule has 0 saturated carbocycles. The molecule has 1 aliphatic rings. The Kier molecular flexibility index (Phi) is 4.95. The van der Waals surface area contributed by atoms with E-state index in [4.69, 9.17) is 0 Å². The second-order valence-corrected chi connectivity index (χ2v) is 9.32. The first-order chi connectivity index (χ1) is 11.9. The minimum Gasteiger partial charge on any atom is -0.336 e. The first kappa shape index (κ1) is 17.7. The monoisotopic (exact) mass is 357 g/mol. The van der Waals surface area contributed by atoms with Gasteiger partial charge >= 0.3 is 0 Å². The van der Waals surface area contributed by atoms with E-state index in [1.54, 1.807) is 17.0 Å². The van der Waals surface area contributed by atoms with E-state index in [-0.39, 0.29) is 17.6 Å². The molecule has 0 aliphatic carbocycles. The Balaban J connectivity index is 1.64. The van der Waals surface area contributed by atoms with Crippen LogP contribution in [0, 0.1) is 5.92 Å². The third-order valence-electron chi connectivity index (χ3n) is 4.45. The van der Waals surface area contributed by atoms with Crippen LogP contribution in [0.1, 0.15) is 24.2 Å². The van der Waals surface area contributed by atoms with Crippen molar-refractivity contribution in [3.05, 3.63) is 60.2 Å². The number of benzene rings is 2. The molecule has 5 heteroatoms. The molecule has 1 saturated heterocycles. The molecule has 0 aromatic heterocycles. The van der Waals surface area contributed by atoms with Crippen LogP contribution in [-0.2, 0) is 9.84 Å². The summed E-state index contributed by atoms with van der Waals surface area (Å²) >= 11 is 0. The minimum absolute atomic E-state index is 0.101. The SMILES string of the molecule is CC(C)CS(=O)(=O)C1CN(C(=O)c2ccc(-c3ccccc3)cc2)C1. The highest BCUT2D eigenvalue weighted by molar-refractivity contribution is 7.92. The van der Waals surface area contributed by atoms with Crippen molar-refractivity contribution in [3.63, 3.8) is 0 Å². The van der Waals surface area contributed by atoms with Gasteiger partial charge in [-0.05, 0) is 29.2 Å². The van der Waals surface area contributed by atoms with Crippen LogP contribution < -0.4 is 0 Å². The van der Waals surface area contributed by atoms with Crippen LogP contribution in [0.3, 0.4) is 0 Å². The lowest BCUT2D eigenvalue weighted by Gasteiger charge is -2.39. The lowest BCUT2D eigenvalue weighted by molar-refractivity contribution is 0.0659. The number of sulfone groups is 1. The number of amides is 1. The molecule has 1 aliphatic heterocycles. The average Bonchev–Trinajstić information content (AvgIpc) is 2.53. The average molecular weight is 357 g/mol. The maximum atomic E-state index is 12.5. The van der Waals surface area contributed by atoms with E-state index in [1.165, 1.54) is 0 Å². The quantitative estimate of drug-likeness (QED) is 0.825. The van der Waals surface area contributed by atoms with Crippen molar-refractivity contribution in [2.24, 2.45) is 5.92 Å². The van der Waals surface area contributed by atoms with Crippen molar-refractivity contribution in [1.29, 1.82) is 0 Å². The summed E-state index contributed by atoms with van der Waals surface area (Å²) in [7, 11) is -3.11. The van der Waals surface area contributed by atoms with Gasteiger partial charge in [0.2, 0.25) is 0 Å². The predicted molar refractivity (Wildman–Crippen MR) is 100 cm³/mol. The van der Waals surface area contributed by atoms with Crippen molar-refractivity contribution in [3.8, 4) is 11.1 Å². The van der Waals surface area contributed by atoms with Gasteiger partial charge in [-0.3, -0.25) is 4.79 Å². The Labute approximate surface area is 149 Å². The molecule has 2 aromatic rings. The normalized spacial score (nSPS) is 15.2. The van der Waals surface area contributed by atoms with E-state index in [0.717, 1.165) is 11.1 Å². The van der Waals surface area contributed by atoms with Crippen molar-refractivity contribution < 1.29 is 13.2 Å². The van der Waals surface area contributed by atoms with Gasteiger partial charge in [0.1, 0.15) is 0 Å². The Hall–Kier alpha value is -2.14. The van der Waals surface area contributed by atoms with Crippen LogP contribution >= 0.6 is 0 Å². The van der Waals surface area contributed by atoms with Gasteiger partial charge < -0.3 is 4.90 Å². The predicted octanol–water partition coefficient (Wildman–Crippen LogP) is 3.25. The minimum atomic E-state index is -3.11. The molecular formula is C20H23NO3S. The van der Waals surface area contributed by atoms with E-state index in [2.05, 4.69) is 0 Å². The van der Waals surface area contributed by atoms with Gasteiger partial charge in [0.15, 0.2) is 9.84 Å². The molecule has 1 amide bonds. The molecule has 0 radical (unpaired) electrons. The van der Waals surface area contributed by atoms with Gasteiger partial charge in [0.25, 0.3) is 5.91 Å². The highest BCUT2D eigenvalue weighted by Gasteiger charge is 2.39. The van der Waals surface area contributed by atoms with Gasteiger partial charge in [-0.2, -0.15) is 0 Å². The molecule has 4 nitrogen and oxygen atoms in total. The first-order valence-corrected chi connectivity index (χ1v) is 10.2. The van der Waals surface area contributed by atoms with Crippen molar-refractivity contribution in [1.82, 2.24) is 4.90 Å². The molecular weight excluding hydrogens is 334 g/mol. The smallest absolute Gasteiger partial charge is 0.253 e. The molecule has 0 spiro atoms. The van der Waals surface area contributed by atoms with Crippen LogP contribution in [0.2, 0.25) is 0 Å². The number of carbonyl (C=O) groups is 1. The van der Waals surface area contributed by atoms with Crippen LogP contribution in [0.4, 0.5) is 0 Å². The summed E-state index contributed by atoms with van der Waals surface area (Å²) in [6.07, 6.45) is 0. The molecule has 0 N–H and O–H groups in total. The fourth-order valence-electron chi connectivity index (χ4n) is 3.05. The molecule has 25 heavy (non-hydrogen) atoms. The van der Waals surface area contributed by atoms with Crippen LogP contribution in [0.25, 0.3) is 11.1 Å². The summed E-state index contributed by atoms with van der Waals surface area (Å²) in [5.41, 5.74) is 2.75. The van der Waals surface area contributed by atoms with E-state index in [9.17, 15) is 13.2 Å². The number of rotatable bonds is 5. The summed E-state index contributed by atoms with van der Waals surface area (Å²) < 4.78 is 24.4. The first-order valence-electron chi connectivity index (χ1n) is 8.53. The van der Waals surface area contributed by atoms with Gasteiger partial charge in [-0.1, -0.05) is 56.3 Å².